The number of carbonyl (C=O) groups is 2. The van der Waals surface area contributed by atoms with E-state index in [0.29, 0.717) is 12.2 Å². The molecule has 0 aliphatic carbocycles. The van der Waals surface area contributed by atoms with Crippen molar-refractivity contribution in [3.63, 3.8) is 0 Å². The molecule has 0 radical (unpaired) electrons. The SMILES string of the molecule is COCc1c(C=O)ncc2c1c1ccccc1n2CC(=O)N(C)CCc1ccccc1. The maximum Gasteiger partial charge on any atom is 0.242 e. The number of methoxy groups -OCH3 is 1. The molecule has 158 valence electrons. The highest BCUT2D eigenvalue weighted by Crippen LogP contribution is 2.32. The summed E-state index contributed by atoms with van der Waals surface area (Å²) in [5, 5.41) is 1.89. The number of nitrogens with zero attached hydrogens (tertiary/aromatic N) is 3. The number of hydrogen-bond acceptors (Lipinski definition) is 4. The minimum absolute atomic E-state index is 0.0198. The minimum atomic E-state index is 0.0198. The van der Waals surface area contributed by atoms with Crippen molar-refractivity contribution in [3.05, 3.63) is 77.6 Å². The van der Waals surface area contributed by atoms with E-state index in [0.717, 1.165) is 40.1 Å². The van der Waals surface area contributed by atoms with Crippen LogP contribution in [0.4, 0.5) is 0 Å². The number of ether oxygens (including phenoxy) is 1. The van der Waals surface area contributed by atoms with Crippen LogP contribution >= 0.6 is 0 Å². The lowest BCUT2D eigenvalue weighted by atomic mass is 10.1. The van der Waals surface area contributed by atoms with E-state index < -0.39 is 0 Å². The number of rotatable bonds is 8. The second-order valence-electron chi connectivity index (χ2n) is 7.59. The number of likely N-dealkylation sites (N-methyl/N-ethyl adjacent to an activating group) is 1. The molecule has 0 N–H and O–H groups in total. The van der Waals surface area contributed by atoms with Crippen LogP contribution in [0.15, 0.2) is 60.8 Å². The summed E-state index contributed by atoms with van der Waals surface area (Å²) in [6.07, 6.45) is 3.23. The number of fused-ring (bicyclic) bond motifs is 3. The molecule has 0 saturated carbocycles. The van der Waals surface area contributed by atoms with Gasteiger partial charge in [-0.25, -0.2) is 0 Å². The molecular weight excluding hydrogens is 390 g/mol. The van der Waals surface area contributed by atoms with E-state index >= 15 is 0 Å². The number of amides is 1. The highest BCUT2D eigenvalue weighted by atomic mass is 16.5. The van der Waals surface area contributed by atoms with Gasteiger partial charge in [0.2, 0.25) is 5.91 Å². The van der Waals surface area contributed by atoms with Gasteiger partial charge < -0.3 is 14.2 Å². The minimum Gasteiger partial charge on any atom is -0.380 e. The molecule has 0 unspecified atom stereocenters. The van der Waals surface area contributed by atoms with E-state index in [1.54, 1.807) is 18.2 Å². The van der Waals surface area contributed by atoms with Gasteiger partial charge in [0.05, 0.1) is 18.3 Å². The molecule has 2 heterocycles. The lowest BCUT2D eigenvalue weighted by molar-refractivity contribution is -0.130. The van der Waals surface area contributed by atoms with E-state index in [-0.39, 0.29) is 19.1 Å². The van der Waals surface area contributed by atoms with Crippen molar-refractivity contribution in [3.8, 4) is 0 Å². The summed E-state index contributed by atoms with van der Waals surface area (Å²) in [6.45, 7) is 1.11. The van der Waals surface area contributed by atoms with Crippen molar-refractivity contribution in [2.45, 2.75) is 19.6 Å². The summed E-state index contributed by atoms with van der Waals surface area (Å²) < 4.78 is 7.33. The molecule has 0 aliphatic rings. The van der Waals surface area contributed by atoms with E-state index in [2.05, 4.69) is 17.1 Å². The highest BCUT2D eigenvalue weighted by molar-refractivity contribution is 6.11. The molecule has 6 nitrogen and oxygen atoms in total. The lowest BCUT2D eigenvalue weighted by Gasteiger charge is -2.18. The predicted octanol–water partition coefficient (Wildman–Crippen LogP) is 3.85. The molecule has 0 saturated heterocycles. The second kappa shape index (κ2) is 9.10. The Bertz CT molecular complexity index is 1230. The third-order valence-corrected chi connectivity index (χ3v) is 5.65. The highest BCUT2D eigenvalue weighted by Gasteiger charge is 2.20. The van der Waals surface area contributed by atoms with Crippen LogP contribution in [0, 0.1) is 0 Å². The van der Waals surface area contributed by atoms with E-state index in [1.165, 1.54) is 5.56 Å². The summed E-state index contributed by atoms with van der Waals surface area (Å²) in [7, 11) is 3.43. The summed E-state index contributed by atoms with van der Waals surface area (Å²) in [4.78, 5) is 30.7. The number of benzene rings is 2. The Labute approximate surface area is 181 Å². The Hall–Kier alpha value is -3.51. The van der Waals surface area contributed by atoms with E-state index in [1.807, 2.05) is 54.1 Å². The number of hydrogen-bond donors (Lipinski definition) is 0. The molecule has 2 aromatic heterocycles. The second-order valence-corrected chi connectivity index (χ2v) is 7.59. The number of carbonyl (C=O) groups excluding carboxylic acids is 2. The molecular formula is C25H25N3O3. The first-order valence-corrected chi connectivity index (χ1v) is 10.2. The summed E-state index contributed by atoms with van der Waals surface area (Å²) in [5.74, 6) is 0.0198. The molecule has 2 aromatic carbocycles. The molecule has 0 bridgehead atoms. The number of aromatic nitrogens is 2. The fourth-order valence-corrected chi connectivity index (χ4v) is 4.00. The van der Waals surface area contributed by atoms with Crippen LogP contribution in [-0.4, -0.2) is 47.3 Å². The zero-order valence-corrected chi connectivity index (χ0v) is 17.7. The first kappa shape index (κ1) is 20.8. The third-order valence-electron chi connectivity index (χ3n) is 5.65. The summed E-state index contributed by atoms with van der Waals surface area (Å²) in [6, 6.07) is 18.0. The van der Waals surface area contributed by atoms with Crippen LogP contribution < -0.4 is 0 Å². The van der Waals surface area contributed by atoms with Crippen molar-refractivity contribution in [1.29, 1.82) is 0 Å². The number of para-hydroxylation sites is 1. The van der Waals surface area contributed by atoms with Crippen molar-refractivity contribution in [1.82, 2.24) is 14.5 Å². The van der Waals surface area contributed by atoms with Gasteiger partial charge >= 0.3 is 0 Å². The Balaban J connectivity index is 1.69. The third kappa shape index (κ3) is 4.07. The van der Waals surface area contributed by atoms with Gasteiger partial charge in [-0.05, 0) is 18.1 Å². The Morgan fingerprint density at radius 2 is 1.84 bits per heavy atom. The standard InChI is InChI=1S/C25H25N3O3/c1-27(13-12-18-8-4-3-5-9-18)24(30)15-28-22-11-7-6-10-19(22)25-20(17-31-2)21(16-29)26-14-23(25)28/h3-11,14,16H,12-13,15,17H2,1-2H3. The number of pyridine rings is 1. The molecule has 31 heavy (non-hydrogen) atoms. The molecule has 0 aliphatic heterocycles. The van der Waals surface area contributed by atoms with Crippen LogP contribution in [0.5, 0.6) is 0 Å². The van der Waals surface area contributed by atoms with Gasteiger partial charge in [0.25, 0.3) is 0 Å². The molecule has 1 amide bonds. The zero-order chi connectivity index (χ0) is 21.8. The molecule has 0 spiro atoms. The van der Waals surface area contributed by atoms with Gasteiger partial charge in [-0.15, -0.1) is 0 Å². The predicted molar refractivity (Wildman–Crippen MR) is 121 cm³/mol. The maximum absolute atomic E-state index is 13.1. The average molecular weight is 415 g/mol. The van der Waals surface area contributed by atoms with Gasteiger partial charge in [-0.1, -0.05) is 48.5 Å². The van der Waals surface area contributed by atoms with Crippen LogP contribution in [0.2, 0.25) is 0 Å². The van der Waals surface area contributed by atoms with Crippen molar-refractivity contribution >= 4 is 34.0 Å². The zero-order valence-electron chi connectivity index (χ0n) is 17.7. The van der Waals surface area contributed by atoms with Crippen molar-refractivity contribution in [2.75, 3.05) is 20.7 Å². The lowest BCUT2D eigenvalue weighted by Crippen LogP contribution is -2.31. The fourth-order valence-electron chi connectivity index (χ4n) is 4.00. The smallest absolute Gasteiger partial charge is 0.242 e. The normalized spacial score (nSPS) is 11.2. The Morgan fingerprint density at radius 3 is 2.58 bits per heavy atom. The van der Waals surface area contributed by atoms with Gasteiger partial charge in [-0.2, -0.15) is 0 Å². The largest absolute Gasteiger partial charge is 0.380 e. The summed E-state index contributed by atoms with van der Waals surface area (Å²) >= 11 is 0. The topological polar surface area (TPSA) is 64.4 Å². The van der Waals surface area contributed by atoms with E-state index in [9.17, 15) is 9.59 Å². The molecule has 4 aromatic rings. The monoisotopic (exact) mass is 415 g/mol. The van der Waals surface area contributed by atoms with Crippen molar-refractivity contribution < 1.29 is 14.3 Å². The quantitative estimate of drug-likeness (QED) is 0.410. The molecule has 6 heteroatoms. The first-order chi connectivity index (χ1) is 15.1. The average Bonchev–Trinajstić information content (AvgIpc) is 3.12. The van der Waals surface area contributed by atoms with Crippen LogP contribution in [-0.2, 0) is 29.1 Å². The number of aldehydes is 1. The van der Waals surface area contributed by atoms with E-state index in [4.69, 9.17) is 4.74 Å². The van der Waals surface area contributed by atoms with Crippen LogP contribution in [0.1, 0.15) is 21.6 Å². The summed E-state index contributed by atoms with van der Waals surface area (Å²) in [5.41, 5.74) is 4.07. The molecule has 0 fully saturated rings. The van der Waals surface area contributed by atoms with Crippen LogP contribution in [0.25, 0.3) is 21.8 Å². The van der Waals surface area contributed by atoms with Gasteiger partial charge in [-0.3, -0.25) is 14.6 Å². The Kier molecular flexibility index (Phi) is 6.09. The Morgan fingerprint density at radius 1 is 1.10 bits per heavy atom. The molecule has 4 rings (SSSR count). The molecule has 0 atom stereocenters. The van der Waals surface area contributed by atoms with Gasteiger partial charge in [0.15, 0.2) is 6.29 Å². The van der Waals surface area contributed by atoms with Crippen LogP contribution in [0.3, 0.4) is 0 Å². The van der Waals surface area contributed by atoms with Gasteiger partial charge in [0.1, 0.15) is 12.2 Å². The van der Waals surface area contributed by atoms with Gasteiger partial charge in [0, 0.05) is 42.6 Å². The van der Waals surface area contributed by atoms with Crippen molar-refractivity contribution in [2.24, 2.45) is 0 Å². The fraction of sp³-hybridized carbons (Fsp3) is 0.240. The maximum atomic E-state index is 13.1. The first-order valence-electron chi connectivity index (χ1n) is 10.2.